The molecule has 0 aliphatic carbocycles. The average Bonchev–Trinajstić information content (AvgIpc) is 3.14. The van der Waals surface area contributed by atoms with Gasteiger partial charge in [0.25, 0.3) is 0 Å². The van der Waals surface area contributed by atoms with Crippen molar-refractivity contribution in [3.63, 3.8) is 0 Å². The standard InChI is InChI=1S/C18H21N5OS2/c1-2-3-4-7-19-18(25)23-16-6-5-14-17(22-16)21-15(9-20-14)12-8-13(10-24)26-11-12/h5-6,8-9,11,24H,2-4,7,10H2,1H3,(H2,19,21,22,23,25). The molecule has 8 heteroatoms. The van der Waals surface area contributed by atoms with E-state index in [0.29, 0.717) is 16.6 Å². The molecule has 0 amide bonds. The lowest BCUT2D eigenvalue weighted by molar-refractivity contribution is 0.285. The van der Waals surface area contributed by atoms with Crippen molar-refractivity contribution < 1.29 is 5.11 Å². The second kappa shape index (κ2) is 8.98. The molecule has 0 atom stereocenters. The van der Waals surface area contributed by atoms with Crippen molar-refractivity contribution in [1.82, 2.24) is 20.3 Å². The van der Waals surface area contributed by atoms with Crippen molar-refractivity contribution in [2.45, 2.75) is 32.8 Å². The van der Waals surface area contributed by atoms with Crippen LogP contribution in [-0.2, 0) is 6.61 Å². The summed E-state index contributed by atoms with van der Waals surface area (Å²) in [6, 6.07) is 5.62. The zero-order valence-corrected chi connectivity index (χ0v) is 16.2. The summed E-state index contributed by atoms with van der Waals surface area (Å²) in [4.78, 5) is 14.4. The van der Waals surface area contributed by atoms with Gasteiger partial charge in [0.05, 0.1) is 18.5 Å². The average molecular weight is 388 g/mol. The Kier molecular flexibility index (Phi) is 6.43. The van der Waals surface area contributed by atoms with E-state index in [9.17, 15) is 5.11 Å². The summed E-state index contributed by atoms with van der Waals surface area (Å²) < 4.78 is 0. The molecule has 26 heavy (non-hydrogen) atoms. The van der Waals surface area contributed by atoms with Gasteiger partial charge in [-0.3, -0.25) is 4.98 Å². The van der Waals surface area contributed by atoms with Crippen molar-refractivity contribution >= 4 is 45.6 Å². The molecule has 0 radical (unpaired) electrons. The van der Waals surface area contributed by atoms with Crippen molar-refractivity contribution in [3.8, 4) is 11.3 Å². The molecule has 0 spiro atoms. The Labute approximate surface area is 161 Å². The number of nitrogens with zero attached hydrogens (tertiary/aromatic N) is 3. The zero-order valence-electron chi connectivity index (χ0n) is 14.5. The number of unbranched alkanes of at least 4 members (excludes halogenated alkanes) is 2. The number of hydrogen-bond acceptors (Lipinski definition) is 6. The van der Waals surface area contributed by atoms with Gasteiger partial charge < -0.3 is 15.7 Å². The van der Waals surface area contributed by atoms with E-state index < -0.39 is 0 Å². The highest BCUT2D eigenvalue weighted by atomic mass is 32.1. The molecular weight excluding hydrogens is 366 g/mol. The van der Waals surface area contributed by atoms with Crippen LogP contribution in [0.25, 0.3) is 22.4 Å². The van der Waals surface area contributed by atoms with Gasteiger partial charge in [0.15, 0.2) is 10.8 Å². The van der Waals surface area contributed by atoms with Crippen LogP contribution in [0.3, 0.4) is 0 Å². The van der Waals surface area contributed by atoms with E-state index in [1.54, 1.807) is 6.20 Å². The molecule has 3 heterocycles. The molecule has 3 aromatic rings. The molecule has 0 unspecified atom stereocenters. The molecule has 0 aliphatic rings. The SMILES string of the molecule is CCCCCNC(=S)Nc1ccc2ncc(-c3csc(CO)c3)nc2n1. The molecule has 0 aromatic carbocycles. The predicted octanol–water partition coefficient (Wildman–Crippen LogP) is 3.72. The maximum absolute atomic E-state index is 9.22. The number of fused-ring (bicyclic) bond motifs is 1. The van der Waals surface area contributed by atoms with Gasteiger partial charge in [0, 0.05) is 22.4 Å². The summed E-state index contributed by atoms with van der Waals surface area (Å²) in [5.74, 6) is 0.637. The lowest BCUT2D eigenvalue weighted by Crippen LogP contribution is -2.29. The monoisotopic (exact) mass is 387 g/mol. The summed E-state index contributed by atoms with van der Waals surface area (Å²) in [5.41, 5.74) is 2.94. The molecular formula is C18H21N5OS2. The van der Waals surface area contributed by atoms with Gasteiger partial charge in [0.1, 0.15) is 11.3 Å². The first-order valence-electron chi connectivity index (χ1n) is 8.57. The molecule has 0 bridgehead atoms. The van der Waals surface area contributed by atoms with E-state index in [1.807, 2.05) is 23.6 Å². The first-order valence-corrected chi connectivity index (χ1v) is 9.85. The number of thiocarbonyl (C=S) groups is 1. The number of aromatic nitrogens is 3. The number of anilines is 1. The maximum atomic E-state index is 9.22. The van der Waals surface area contributed by atoms with E-state index >= 15 is 0 Å². The molecule has 6 nitrogen and oxygen atoms in total. The van der Waals surface area contributed by atoms with Crippen LogP contribution in [0, 0.1) is 0 Å². The van der Waals surface area contributed by atoms with E-state index in [4.69, 9.17) is 12.2 Å². The van der Waals surface area contributed by atoms with Gasteiger partial charge in [0.2, 0.25) is 0 Å². The van der Waals surface area contributed by atoms with Gasteiger partial charge in [-0.2, -0.15) is 0 Å². The molecule has 0 aliphatic heterocycles. The fraction of sp³-hybridized carbons (Fsp3) is 0.333. The topological polar surface area (TPSA) is 83.0 Å². The lowest BCUT2D eigenvalue weighted by atomic mass is 10.2. The number of aliphatic hydroxyl groups is 1. The molecule has 3 aromatic heterocycles. The largest absolute Gasteiger partial charge is 0.391 e. The Morgan fingerprint density at radius 3 is 2.92 bits per heavy atom. The first kappa shape index (κ1) is 18.6. The smallest absolute Gasteiger partial charge is 0.180 e. The highest BCUT2D eigenvalue weighted by molar-refractivity contribution is 7.80. The van der Waals surface area contributed by atoms with Gasteiger partial charge in [-0.05, 0) is 36.8 Å². The highest BCUT2D eigenvalue weighted by Crippen LogP contribution is 2.25. The minimum Gasteiger partial charge on any atom is -0.391 e. The maximum Gasteiger partial charge on any atom is 0.180 e. The molecule has 3 N–H and O–H groups in total. The van der Waals surface area contributed by atoms with Crippen LogP contribution < -0.4 is 10.6 Å². The van der Waals surface area contributed by atoms with E-state index in [0.717, 1.165) is 34.6 Å². The Morgan fingerprint density at radius 1 is 1.27 bits per heavy atom. The highest BCUT2D eigenvalue weighted by Gasteiger charge is 2.08. The predicted molar refractivity (Wildman–Crippen MR) is 110 cm³/mol. The molecule has 3 rings (SSSR count). The normalized spacial score (nSPS) is 10.8. The number of nitrogens with one attached hydrogen (secondary N) is 2. The summed E-state index contributed by atoms with van der Waals surface area (Å²) in [6.07, 6.45) is 5.18. The minimum absolute atomic E-state index is 0.0285. The van der Waals surface area contributed by atoms with Crippen LogP contribution >= 0.6 is 23.6 Å². The van der Waals surface area contributed by atoms with Gasteiger partial charge in [-0.15, -0.1) is 11.3 Å². The zero-order chi connectivity index (χ0) is 18.4. The second-order valence-corrected chi connectivity index (χ2v) is 7.25. The Balaban J connectivity index is 1.73. The van der Waals surface area contributed by atoms with Gasteiger partial charge in [-0.25, -0.2) is 9.97 Å². The first-order chi connectivity index (χ1) is 12.7. The summed E-state index contributed by atoms with van der Waals surface area (Å²) in [5, 5.41) is 18.0. The fourth-order valence-electron chi connectivity index (χ4n) is 2.44. The molecule has 0 fully saturated rings. The van der Waals surface area contributed by atoms with E-state index in [2.05, 4.69) is 32.5 Å². The fourth-order valence-corrected chi connectivity index (χ4v) is 3.39. The van der Waals surface area contributed by atoms with Crippen LogP contribution in [0.1, 0.15) is 31.1 Å². The van der Waals surface area contributed by atoms with Crippen molar-refractivity contribution in [1.29, 1.82) is 0 Å². The van der Waals surface area contributed by atoms with Crippen LogP contribution in [0.2, 0.25) is 0 Å². The number of hydrogen-bond donors (Lipinski definition) is 3. The number of pyridine rings is 1. The number of rotatable bonds is 7. The molecule has 0 saturated carbocycles. The summed E-state index contributed by atoms with van der Waals surface area (Å²) in [6.45, 7) is 3.05. The third-order valence-corrected chi connectivity index (χ3v) is 4.99. The Morgan fingerprint density at radius 2 is 2.15 bits per heavy atom. The molecule has 0 saturated heterocycles. The second-order valence-electron chi connectivity index (χ2n) is 5.84. The van der Waals surface area contributed by atoms with E-state index in [1.165, 1.54) is 24.2 Å². The van der Waals surface area contributed by atoms with Crippen molar-refractivity contribution in [2.24, 2.45) is 0 Å². The van der Waals surface area contributed by atoms with E-state index in [-0.39, 0.29) is 6.61 Å². The van der Waals surface area contributed by atoms with Gasteiger partial charge in [-0.1, -0.05) is 19.8 Å². The minimum atomic E-state index is 0.0285. The van der Waals surface area contributed by atoms with Gasteiger partial charge >= 0.3 is 0 Å². The Bertz CT molecular complexity index is 896. The van der Waals surface area contributed by atoms with Crippen LogP contribution in [0.15, 0.2) is 29.8 Å². The van der Waals surface area contributed by atoms with Crippen LogP contribution in [0.5, 0.6) is 0 Å². The Hall–Kier alpha value is -2.16. The summed E-state index contributed by atoms with van der Waals surface area (Å²) in [7, 11) is 0. The lowest BCUT2D eigenvalue weighted by Gasteiger charge is -2.10. The third kappa shape index (κ3) is 4.72. The molecule has 136 valence electrons. The van der Waals surface area contributed by atoms with Crippen LogP contribution in [0.4, 0.5) is 5.82 Å². The van der Waals surface area contributed by atoms with Crippen molar-refractivity contribution in [2.75, 3.05) is 11.9 Å². The van der Waals surface area contributed by atoms with Crippen molar-refractivity contribution in [3.05, 3.63) is 34.7 Å². The number of thiophene rings is 1. The number of aliphatic hydroxyl groups excluding tert-OH is 1. The van der Waals surface area contributed by atoms with Crippen LogP contribution in [-0.4, -0.2) is 31.7 Å². The summed E-state index contributed by atoms with van der Waals surface area (Å²) >= 11 is 6.80. The third-order valence-electron chi connectivity index (χ3n) is 3.82. The quantitative estimate of drug-likeness (QED) is 0.421.